The summed E-state index contributed by atoms with van der Waals surface area (Å²) >= 11 is 0. The van der Waals surface area contributed by atoms with E-state index in [4.69, 9.17) is 14.9 Å². The van der Waals surface area contributed by atoms with Crippen molar-refractivity contribution in [3.8, 4) is 0 Å². The molecule has 4 heteroatoms. The van der Waals surface area contributed by atoms with E-state index in [1.165, 1.54) is 7.11 Å². The molecule has 0 bridgehead atoms. The zero-order chi connectivity index (χ0) is 11.1. The first-order valence-corrected chi connectivity index (χ1v) is 5.11. The third kappa shape index (κ3) is 1.36. The minimum Gasteiger partial charge on any atom is -0.467 e. The molecule has 15 heavy (non-hydrogen) atoms. The number of esters is 1. The quantitative estimate of drug-likeness (QED) is 0.741. The van der Waals surface area contributed by atoms with Crippen molar-refractivity contribution in [2.24, 2.45) is 5.73 Å². The van der Waals surface area contributed by atoms with Crippen molar-refractivity contribution in [1.82, 2.24) is 0 Å². The van der Waals surface area contributed by atoms with Crippen molar-refractivity contribution in [3.63, 3.8) is 0 Å². The van der Waals surface area contributed by atoms with Crippen molar-refractivity contribution in [1.29, 1.82) is 0 Å². The van der Waals surface area contributed by atoms with Crippen molar-refractivity contribution in [2.75, 3.05) is 7.11 Å². The van der Waals surface area contributed by atoms with Crippen LogP contribution in [0.5, 0.6) is 0 Å². The number of rotatable bonds is 2. The summed E-state index contributed by atoms with van der Waals surface area (Å²) in [5, 5.41) is 0. The first-order chi connectivity index (χ1) is 7.11. The summed E-state index contributed by atoms with van der Waals surface area (Å²) in [6.07, 6.45) is 2.09. The van der Waals surface area contributed by atoms with E-state index in [1.54, 1.807) is 0 Å². The molecule has 0 amide bonds. The molecule has 0 saturated carbocycles. The first kappa shape index (κ1) is 10.2. The van der Waals surface area contributed by atoms with E-state index < -0.39 is 5.54 Å². The van der Waals surface area contributed by atoms with Crippen LogP contribution in [0.1, 0.15) is 30.4 Å². The molecule has 1 aliphatic rings. The standard InChI is InChI=1S/C11H15NO3/c1-3-7-6-8-9(15-7)4-5-11(8,12)10(13)14-2/h6H,3-5,12H2,1-2H3. The van der Waals surface area contributed by atoms with Gasteiger partial charge in [0.1, 0.15) is 17.1 Å². The Morgan fingerprint density at radius 2 is 2.47 bits per heavy atom. The molecule has 0 fully saturated rings. The molecule has 1 aliphatic carbocycles. The van der Waals surface area contributed by atoms with Gasteiger partial charge in [0.2, 0.25) is 0 Å². The number of nitrogens with two attached hydrogens (primary N) is 1. The van der Waals surface area contributed by atoms with Gasteiger partial charge in [0.25, 0.3) is 0 Å². The fraction of sp³-hybridized carbons (Fsp3) is 0.545. The number of aryl methyl sites for hydroxylation is 2. The highest BCUT2D eigenvalue weighted by atomic mass is 16.5. The number of carbonyl (C=O) groups excluding carboxylic acids is 1. The number of methoxy groups -OCH3 is 1. The van der Waals surface area contributed by atoms with Gasteiger partial charge in [-0.1, -0.05) is 6.92 Å². The number of fused-ring (bicyclic) bond motifs is 1. The Labute approximate surface area is 88.4 Å². The van der Waals surface area contributed by atoms with Gasteiger partial charge in [0, 0.05) is 18.4 Å². The highest BCUT2D eigenvalue weighted by molar-refractivity contribution is 5.83. The molecule has 0 radical (unpaired) electrons. The zero-order valence-corrected chi connectivity index (χ0v) is 9.00. The molecule has 1 heterocycles. The second-order valence-corrected chi connectivity index (χ2v) is 3.87. The number of hydrogen-bond donors (Lipinski definition) is 1. The molecular formula is C11H15NO3. The summed E-state index contributed by atoms with van der Waals surface area (Å²) in [5.74, 6) is 1.32. The second-order valence-electron chi connectivity index (χ2n) is 3.87. The minimum absolute atomic E-state index is 0.385. The van der Waals surface area contributed by atoms with Crippen molar-refractivity contribution in [2.45, 2.75) is 31.7 Å². The van der Waals surface area contributed by atoms with E-state index >= 15 is 0 Å². The maximum atomic E-state index is 11.6. The van der Waals surface area contributed by atoms with E-state index in [-0.39, 0.29) is 5.97 Å². The maximum Gasteiger partial charge on any atom is 0.330 e. The number of furan rings is 1. The fourth-order valence-electron chi connectivity index (χ4n) is 2.06. The van der Waals surface area contributed by atoms with Crippen LogP contribution in [0.4, 0.5) is 0 Å². The van der Waals surface area contributed by atoms with Gasteiger partial charge in [-0.25, -0.2) is 4.79 Å². The predicted octanol–water partition coefficient (Wildman–Crippen LogP) is 1.12. The molecule has 1 atom stereocenters. The normalized spacial score (nSPS) is 23.9. The Hall–Kier alpha value is -1.29. The van der Waals surface area contributed by atoms with Crippen LogP contribution in [-0.4, -0.2) is 13.1 Å². The third-order valence-electron chi connectivity index (χ3n) is 2.99. The minimum atomic E-state index is -0.999. The predicted molar refractivity (Wildman–Crippen MR) is 54.3 cm³/mol. The Morgan fingerprint density at radius 1 is 1.73 bits per heavy atom. The highest BCUT2D eigenvalue weighted by Crippen LogP contribution is 2.37. The van der Waals surface area contributed by atoms with E-state index in [1.807, 2.05) is 13.0 Å². The van der Waals surface area contributed by atoms with Crippen LogP contribution in [0.3, 0.4) is 0 Å². The lowest BCUT2D eigenvalue weighted by atomic mass is 9.94. The zero-order valence-electron chi connectivity index (χ0n) is 9.00. The molecule has 1 aromatic heterocycles. The lowest BCUT2D eigenvalue weighted by molar-refractivity contribution is -0.147. The highest BCUT2D eigenvalue weighted by Gasteiger charge is 2.45. The number of ether oxygens (including phenoxy) is 1. The smallest absolute Gasteiger partial charge is 0.330 e. The van der Waals surface area contributed by atoms with Crippen LogP contribution in [0, 0.1) is 0 Å². The number of carbonyl (C=O) groups is 1. The van der Waals surface area contributed by atoms with Gasteiger partial charge in [-0.15, -0.1) is 0 Å². The Balaban J connectivity index is 2.42. The van der Waals surface area contributed by atoms with Crippen LogP contribution in [-0.2, 0) is 27.9 Å². The summed E-state index contributed by atoms with van der Waals surface area (Å²) in [5.41, 5.74) is 5.86. The van der Waals surface area contributed by atoms with Gasteiger partial charge < -0.3 is 14.9 Å². The van der Waals surface area contributed by atoms with Crippen LogP contribution < -0.4 is 5.73 Å². The Kier molecular flexibility index (Phi) is 2.31. The van der Waals surface area contributed by atoms with Crippen LogP contribution in [0.15, 0.2) is 10.5 Å². The largest absolute Gasteiger partial charge is 0.467 e. The summed E-state index contributed by atoms with van der Waals surface area (Å²) in [6, 6.07) is 1.87. The molecule has 0 aromatic carbocycles. The monoisotopic (exact) mass is 209 g/mol. The van der Waals surface area contributed by atoms with Crippen LogP contribution in [0.25, 0.3) is 0 Å². The number of hydrogen-bond acceptors (Lipinski definition) is 4. The van der Waals surface area contributed by atoms with E-state index in [2.05, 4.69) is 0 Å². The summed E-state index contributed by atoms with van der Waals surface area (Å²) in [6.45, 7) is 2.00. The van der Waals surface area contributed by atoms with E-state index in [0.717, 1.165) is 23.5 Å². The molecule has 1 aromatic rings. The average Bonchev–Trinajstić information content (AvgIpc) is 2.79. The molecule has 82 valence electrons. The van der Waals surface area contributed by atoms with Crippen LogP contribution >= 0.6 is 0 Å². The fourth-order valence-corrected chi connectivity index (χ4v) is 2.06. The SMILES string of the molecule is CCc1cc2c(o1)CCC2(N)C(=O)OC. The van der Waals surface area contributed by atoms with Gasteiger partial charge >= 0.3 is 5.97 Å². The summed E-state index contributed by atoms with van der Waals surface area (Å²) in [4.78, 5) is 11.6. The topological polar surface area (TPSA) is 65.5 Å². The van der Waals surface area contributed by atoms with Crippen LogP contribution in [0.2, 0.25) is 0 Å². The maximum absolute atomic E-state index is 11.6. The third-order valence-corrected chi connectivity index (χ3v) is 2.99. The van der Waals surface area contributed by atoms with Gasteiger partial charge in [0.05, 0.1) is 7.11 Å². The summed E-state index contributed by atoms with van der Waals surface area (Å²) < 4.78 is 10.3. The van der Waals surface area contributed by atoms with Crippen molar-refractivity contribution >= 4 is 5.97 Å². The molecule has 1 unspecified atom stereocenters. The lowest BCUT2D eigenvalue weighted by Crippen LogP contribution is -2.43. The van der Waals surface area contributed by atoms with E-state index in [9.17, 15) is 4.79 Å². The van der Waals surface area contributed by atoms with Gasteiger partial charge in [-0.05, 0) is 12.5 Å². The Morgan fingerprint density at radius 3 is 3.07 bits per heavy atom. The van der Waals surface area contributed by atoms with Gasteiger partial charge in [0.15, 0.2) is 0 Å². The van der Waals surface area contributed by atoms with Crippen molar-refractivity contribution < 1.29 is 13.9 Å². The average molecular weight is 209 g/mol. The lowest BCUT2D eigenvalue weighted by Gasteiger charge is -2.20. The van der Waals surface area contributed by atoms with E-state index in [0.29, 0.717) is 12.8 Å². The molecule has 0 saturated heterocycles. The Bertz CT molecular complexity index is 397. The summed E-state index contributed by atoms with van der Waals surface area (Å²) in [7, 11) is 1.36. The first-order valence-electron chi connectivity index (χ1n) is 5.11. The second kappa shape index (κ2) is 3.38. The molecular weight excluding hydrogens is 194 g/mol. The molecule has 4 nitrogen and oxygen atoms in total. The van der Waals surface area contributed by atoms with Gasteiger partial charge in [-0.2, -0.15) is 0 Å². The van der Waals surface area contributed by atoms with Gasteiger partial charge in [-0.3, -0.25) is 0 Å². The molecule has 2 N–H and O–H groups in total. The molecule has 0 spiro atoms. The molecule has 2 rings (SSSR count). The molecule has 0 aliphatic heterocycles. The van der Waals surface area contributed by atoms with Crippen molar-refractivity contribution in [3.05, 3.63) is 23.2 Å².